The molecule has 0 aliphatic heterocycles. The molecule has 0 N–H and O–H groups in total. The van der Waals surface area contributed by atoms with Gasteiger partial charge in [-0.1, -0.05) is 146 Å². The molecule has 14 rings (SSSR count). The molecule has 3 aromatic heterocycles. The summed E-state index contributed by atoms with van der Waals surface area (Å²) in [6.07, 6.45) is 0. The summed E-state index contributed by atoms with van der Waals surface area (Å²) in [5.74, 6) is 0. The normalized spacial score (nSPS) is 12.3. The minimum absolute atomic E-state index is 0.934. The second kappa shape index (κ2) is 12.6. The first-order valence-electron chi connectivity index (χ1n) is 20.8. The Balaban J connectivity index is 0.891. The van der Waals surface area contributed by atoms with Crippen LogP contribution in [-0.2, 0) is 0 Å². The fraction of sp³-hybridized carbons (Fsp3) is 0. The van der Waals surface area contributed by atoms with Crippen molar-refractivity contribution in [1.29, 1.82) is 0 Å². The number of furan rings is 1. The van der Waals surface area contributed by atoms with Crippen molar-refractivity contribution in [2.24, 2.45) is 0 Å². The van der Waals surface area contributed by atoms with E-state index in [2.05, 4.69) is 194 Å². The summed E-state index contributed by atoms with van der Waals surface area (Å²) in [4.78, 5) is 0. The van der Waals surface area contributed by atoms with Crippen molar-refractivity contribution in [3.8, 4) is 33.4 Å². The maximum atomic E-state index is 6.69. The van der Waals surface area contributed by atoms with E-state index in [0.717, 1.165) is 11.2 Å². The van der Waals surface area contributed by atoms with Crippen molar-refractivity contribution in [2.45, 2.75) is 0 Å². The van der Waals surface area contributed by atoms with Gasteiger partial charge in [0.15, 0.2) is 5.58 Å². The molecule has 0 atom stereocenters. The van der Waals surface area contributed by atoms with Gasteiger partial charge in [-0.2, -0.15) is 0 Å². The number of rotatable bonds is 3. The summed E-state index contributed by atoms with van der Waals surface area (Å²) in [5.41, 5.74) is 9.45. The molecule has 0 radical (unpaired) electrons. The third-order valence-electron chi connectivity index (χ3n) is 13.0. The molecule has 0 bridgehead atoms. The molecule has 282 valence electrons. The third kappa shape index (κ3) is 4.87. The van der Waals surface area contributed by atoms with Crippen LogP contribution in [0, 0.1) is 0 Å². The Hall–Kier alpha value is -7.30. The first-order chi connectivity index (χ1) is 30.2. The summed E-state index contributed by atoms with van der Waals surface area (Å²) in [6, 6.07) is 72.0. The van der Waals surface area contributed by atoms with Crippen LogP contribution < -0.4 is 0 Å². The van der Waals surface area contributed by atoms with E-state index in [0.29, 0.717) is 0 Å². The highest BCUT2D eigenvalue weighted by Gasteiger charge is 2.20. The fourth-order valence-corrected chi connectivity index (χ4v) is 12.5. The minimum atomic E-state index is 0.934. The van der Waals surface area contributed by atoms with Crippen molar-refractivity contribution < 1.29 is 4.42 Å². The van der Waals surface area contributed by atoms with Crippen molar-refractivity contribution >= 4 is 128 Å². The molecule has 11 aromatic carbocycles. The van der Waals surface area contributed by atoms with E-state index in [9.17, 15) is 0 Å². The molecule has 0 saturated carbocycles. The highest BCUT2D eigenvalue weighted by Crippen LogP contribution is 2.48. The fourth-order valence-electron chi connectivity index (χ4n) is 10.2. The first kappa shape index (κ1) is 33.5. The van der Waals surface area contributed by atoms with E-state index < -0.39 is 0 Å². The zero-order chi connectivity index (χ0) is 39.8. The summed E-state index contributed by atoms with van der Waals surface area (Å²) < 4.78 is 11.8. The smallest absolute Gasteiger partial charge is 0.153 e. The molecule has 0 saturated heterocycles. The third-order valence-corrected chi connectivity index (χ3v) is 15.3. The molecular formula is C58H32OS2. The van der Waals surface area contributed by atoms with Gasteiger partial charge in [0.1, 0.15) is 5.58 Å². The van der Waals surface area contributed by atoms with Crippen molar-refractivity contribution in [2.75, 3.05) is 0 Å². The molecule has 61 heavy (non-hydrogen) atoms. The topological polar surface area (TPSA) is 13.1 Å². The van der Waals surface area contributed by atoms with Gasteiger partial charge < -0.3 is 4.42 Å². The van der Waals surface area contributed by atoms with Crippen LogP contribution in [0.2, 0.25) is 0 Å². The van der Waals surface area contributed by atoms with E-state index in [-0.39, 0.29) is 0 Å². The molecule has 0 fully saturated rings. The summed E-state index contributed by atoms with van der Waals surface area (Å²) >= 11 is 3.70. The number of hydrogen-bond donors (Lipinski definition) is 0. The lowest BCUT2D eigenvalue weighted by molar-refractivity contribution is 0.674. The number of hydrogen-bond acceptors (Lipinski definition) is 3. The van der Waals surface area contributed by atoms with Crippen LogP contribution >= 0.6 is 22.7 Å². The number of thiophene rings is 2. The van der Waals surface area contributed by atoms with Gasteiger partial charge in [-0.3, -0.25) is 0 Å². The van der Waals surface area contributed by atoms with Gasteiger partial charge in [0.25, 0.3) is 0 Å². The van der Waals surface area contributed by atoms with Gasteiger partial charge in [0.2, 0.25) is 0 Å². The maximum absolute atomic E-state index is 6.69. The van der Waals surface area contributed by atoms with E-state index in [4.69, 9.17) is 4.42 Å². The number of fused-ring (bicyclic) bond motifs is 14. The molecule has 0 unspecified atom stereocenters. The largest absolute Gasteiger partial charge is 0.455 e. The predicted molar refractivity (Wildman–Crippen MR) is 266 cm³/mol. The minimum Gasteiger partial charge on any atom is -0.455 e. The van der Waals surface area contributed by atoms with Crippen LogP contribution in [-0.4, -0.2) is 0 Å². The van der Waals surface area contributed by atoms with Crippen molar-refractivity contribution in [3.05, 3.63) is 194 Å². The first-order valence-corrected chi connectivity index (χ1v) is 22.4. The van der Waals surface area contributed by atoms with E-state index >= 15 is 0 Å². The molecule has 14 aromatic rings. The van der Waals surface area contributed by atoms with Gasteiger partial charge in [0.05, 0.1) is 4.70 Å². The molecule has 1 nitrogen and oxygen atoms in total. The Morgan fingerprint density at radius 1 is 0.295 bits per heavy atom. The summed E-state index contributed by atoms with van der Waals surface area (Å²) in [5, 5.41) is 17.5. The van der Waals surface area contributed by atoms with Crippen LogP contribution in [0.15, 0.2) is 199 Å². The van der Waals surface area contributed by atoms with Crippen LogP contribution in [0.5, 0.6) is 0 Å². The molecule has 3 heterocycles. The van der Waals surface area contributed by atoms with Gasteiger partial charge in [-0.25, -0.2) is 0 Å². The van der Waals surface area contributed by atoms with Crippen molar-refractivity contribution in [3.63, 3.8) is 0 Å². The molecule has 0 amide bonds. The highest BCUT2D eigenvalue weighted by atomic mass is 32.1. The monoisotopic (exact) mass is 808 g/mol. The lowest BCUT2D eigenvalue weighted by Crippen LogP contribution is -1.91. The predicted octanol–water partition coefficient (Wildman–Crippen LogP) is 17.9. The Morgan fingerprint density at radius 2 is 0.918 bits per heavy atom. The van der Waals surface area contributed by atoms with Gasteiger partial charge in [-0.15, -0.1) is 22.7 Å². The molecule has 3 heteroatoms. The average Bonchev–Trinajstić information content (AvgIpc) is 4.00. The Kier molecular flexibility index (Phi) is 6.93. The molecule has 0 aliphatic carbocycles. The zero-order valence-corrected chi connectivity index (χ0v) is 34.3. The van der Waals surface area contributed by atoms with Crippen molar-refractivity contribution in [1.82, 2.24) is 0 Å². The second-order valence-corrected chi connectivity index (χ2v) is 18.5. The summed E-state index contributed by atoms with van der Waals surface area (Å²) in [7, 11) is 0. The maximum Gasteiger partial charge on any atom is 0.153 e. The van der Waals surface area contributed by atoms with Gasteiger partial charge in [-0.05, 0) is 125 Å². The van der Waals surface area contributed by atoms with E-state index in [1.807, 2.05) is 22.7 Å². The Labute approximate surface area is 357 Å². The van der Waals surface area contributed by atoms with Crippen LogP contribution in [0.4, 0.5) is 0 Å². The van der Waals surface area contributed by atoms with Gasteiger partial charge >= 0.3 is 0 Å². The highest BCUT2D eigenvalue weighted by molar-refractivity contribution is 7.26. The van der Waals surface area contributed by atoms with E-state index in [1.54, 1.807) is 0 Å². The van der Waals surface area contributed by atoms with Crippen LogP contribution in [0.1, 0.15) is 0 Å². The second-order valence-electron chi connectivity index (χ2n) is 16.3. The lowest BCUT2D eigenvalue weighted by Gasteiger charge is -2.18. The standard InChI is InChI=1S/C58H32OS2/c1-2-12-39-33(10-1)11-9-18-42(39)56-45-16-5-3-14-43(45)55(44-15-4-6-17-46(44)56)37-22-24-41-50-30-35(23-27-53(50)60-54(41)32-37)34-20-21-36-29-49-47-25-26-48-40-13-7-8-19-52(40)61-58(48)57(47)59-51(49)31-38(36)28-34/h1-32H. The van der Waals surface area contributed by atoms with Crippen LogP contribution in [0.25, 0.3) is 139 Å². The van der Waals surface area contributed by atoms with E-state index in [1.165, 1.54) is 128 Å². The van der Waals surface area contributed by atoms with Gasteiger partial charge in [0, 0.05) is 46.4 Å². The molecule has 0 spiro atoms. The SMILES string of the molecule is c1ccc2c(-c3c4ccccc4c(-c4ccc5c(c4)sc4ccc(-c6ccc7cc8c(cc7c6)oc6c8ccc7c8ccccc8sc76)cc45)c4ccccc34)cccc2c1. The quantitative estimate of drug-likeness (QED) is 0.162. The lowest BCUT2D eigenvalue weighted by atomic mass is 9.84. The zero-order valence-electron chi connectivity index (χ0n) is 32.7. The molecule has 0 aliphatic rings. The average molecular weight is 809 g/mol. The van der Waals surface area contributed by atoms with Crippen LogP contribution in [0.3, 0.4) is 0 Å². The molecular weight excluding hydrogens is 777 g/mol. The summed E-state index contributed by atoms with van der Waals surface area (Å²) in [6.45, 7) is 0. The number of benzene rings is 11. The Morgan fingerprint density at radius 3 is 1.75 bits per heavy atom. The Bertz CT molecular complexity index is 4120.